The highest BCUT2D eigenvalue weighted by atomic mass is 16.3. The first-order valence-corrected chi connectivity index (χ1v) is 4.41. The number of aromatic nitrogens is 1. The van der Waals surface area contributed by atoms with Crippen LogP contribution in [-0.4, -0.2) is 16.4 Å². The molecule has 0 bridgehead atoms. The number of fused-ring (bicyclic) bond motifs is 1. The van der Waals surface area contributed by atoms with Crippen LogP contribution in [0.25, 0.3) is 10.9 Å². The summed E-state index contributed by atoms with van der Waals surface area (Å²) in [4.78, 5) is 13.8. The second-order valence-corrected chi connectivity index (χ2v) is 3.40. The molecule has 0 atom stereocenters. The first-order valence-electron chi connectivity index (χ1n) is 4.41. The van der Waals surface area contributed by atoms with Crippen molar-refractivity contribution in [1.82, 2.24) is 4.98 Å². The molecule has 1 aromatic heterocycles. The van der Waals surface area contributed by atoms with Gasteiger partial charge in [-0.05, 0) is 25.5 Å². The topological polar surface area (TPSA) is 53.1 Å². The van der Waals surface area contributed by atoms with Crippen LogP contribution in [0.3, 0.4) is 0 Å². The maximum atomic E-state index is 10.8. The maximum absolute atomic E-state index is 10.8. The Bertz CT molecular complexity index is 511. The largest absolute Gasteiger partial charge is 0.507 e. The van der Waals surface area contributed by atoms with Crippen LogP contribution in [0.5, 0.6) is 5.75 Å². The van der Waals surface area contributed by atoms with Crippen LogP contribution in [0.1, 0.15) is 21.5 Å². The van der Waals surface area contributed by atoms with Gasteiger partial charge in [0.1, 0.15) is 5.75 Å². The van der Waals surface area contributed by atoms with Crippen LogP contribution < -0.4 is 0 Å². The summed E-state index contributed by atoms with van der Waals surface area (Å²) in [6, 6.07) is 1.91. The monoisotopic (exact) mass is 189 g/mol. The van der Waals surface area contributed by atoms with Gasteiger partial charge in [-0.1, -0.05) is 0 Å². The van der Waals surface area contributed by atoms with E-state index in [1.807, 2.05) is 13.0 Å². The van der Waals surface area contributed by atoms with Gasteiger partial charge in [0.05, 0.1) is 11.1 Å². The van der Waals surface area contributed by atoms with Gasteiger partial charge in [0.25, 0.3) is 0 Å². The summed E-state index contributed by atoms with van der Waals surface area (Å²) in [5, 5.41) is 10.7. The van der Waals surface area contributed by atoms with E-state index in [0.29, 0.717) is 11.8 Å². The van der Waals surface area contributed by atoms with Crippen molar-refractivity contribution in [3.05, 3.63) is 29.0 Å². The minimum Gasteiger partial charge on any atom is -0.507 e. The number of hydrogen-bond donors (Lipinski definition) is 2. The molecule has 2 rings (SSSR count). The summed E-state index contributed by atoms with van der Waals surface area (Å²) < 4.78 is 0. The van der Waals surface area contributed by atoms with E-state index in [4.69, 9.17) is 0 Å². The summed E-state index contributed by atoms with van der Waals surface area (Å²) in [6.07, 6.45) is 2.50. The average Bonchev–Trinajstić information content (AvgIpc) is 2.64. The number of phenolic OH excluding ortho intramolecular Hbond substituents is 1. The minimum absolute atomic E-state index is 0.0763. The van der Waals surface area contributed by atoms with E-state index in [2.05, 4.69) is 4.98 Å². The van der Waals surface area contributed by atoms with Crippen molar-refractivity contribution in [2.75, 3.05) is 0 Å². The van der Waals surface area contributed by atoms with E-state index < -0.39 is 0 Å². The summed E-state index contributed by atoms with van der Waals surface area (Å²) in [5.41, 5.74) is 2.82. The van der Waals surface area contributed by atoms with E-state index in [9.17, 15) is 9.90 Å². The third kappa shape index (κ3) is 0.954. The summed E-state index contributed by atoms with van der Waals surface area (Å²) >= 11 is 0. The van der Waals surface area contributed by atoms with Crippen LogP contribution >= 0.6 is 0 Å². The number of carbonyl (C=O) groups is 1. The number of phenols is 1. The molecule has 1 heterocycles. The molecule has 0 fully saturated rings. The van der Waals surface area contributed by atoms with Crippen molar-refractivity contribution in [2.45, 2.75) is 13.8 Å². The zero-order valence-electron chi connectivity index (χ0n) is 8.09. The number of H-pyrrole nitrogens is 1. The van der Waals surface area contributed by atoms with Crippen molar-refractivity contribution in [3.63, 3.8) is 0 Å². The molecule has 2 N–H and O–H groups in total. The molecule has 0 spiro atoms. The zero-order chi connectivity index (χ0) is 10.3. The Morgan fingerprint density at radius 3 is 2.71 bits per heavy atom. The fourth-order valence-electron chi connectivity index (χ4n) is 1.78. The Morgan fingerprint density at radius 2 is 2.07 bits per heavy atom. The molecule has 0 aliphatic heterocycles. The summed E-state index contributed by atoms with van der Waals surface area (Å²) in [5.74, 6) is 0.0763. The number of hydrogen-bond acceptors (Lipinski definition) is 2. The molecule has 0 unspecified atom stereocenters. The number of carbonyl (C=O) groups excluding carboxylic acids is 1. The minimum atomic E-state index is 0.0763. The van der Waals surface area contributed by atoms with Crippen molar-refractivity contribution < 1.29 is 9.90 Å². The Balaban J connectivity index is 3.01. The second-order valence-electron chi connectivity index (χ2n) is 3.40. The number of rotatable bonds is 1. The molecule has 72 valence electrons. The molecule has 0 saturated carbocycles. The lowest BCUT2D eigenvalue weighted by Crippen LogP contribution is -1.92. The van der Waals surface area contributed by atoms with E-state index >= 15 is 0 Å². The SMILES string of the molecule is Cc1c(C=O)c(O)c(C)c2[nH]ccc12. The standard InChI is InChI=1S/C11H11NO2/c1-6-8-3-4-12-10(8)7(2)11(14)9(6)5-13/h3-5,12,14H,1-2H3. The molecule has 0 amide bonds. The molecule has 3 nitrogen and oxygen atoms in total. The molecule has 3 heteroatoms. The average molecular weight is 189 g/mol. The maximum Gasteiger partial charge on any atom is 0.154 e. The van der Waals surface area contributed by atoms with Crippen molar-refractivity contribution in [3.8, 4) is 5.75 Å². The van der Waals surface area contributed by atoms with E-state index in [0.717, 1.165) is 22.0 Å². The van der Waals surface area contributed by atoms with E-state index in [1.165, 1.54) is 0 Å². The van der Waals surface area contributed by atoms with E-state index in [1.54, 1.807) is 13.1 Å². The first-order chi connectivity index (χ1) is 6.66. The molecular formula is C11H11NO2. The van der Waals surface area contributed by atoms with Crippen molar-refractivity contribution in [1.29, 1.82) is 0 Å². The van der Waals surface area contributed by atoms with Crippen LogP contribution in [0.2, 0.25) is 0 Å². The number of aromatic amines is 1. The number of aromatic hydroxyl groups is 1. The Hall–Kier alpha value is -1.77. The van der Waals surface area contributed by atoms with Gasteiger partial charge in [-0.2, -0.15) is 0 Å². The number of nitrogens with one attached hydrogen (secondary N) is 1. The first kappa shape index (κ1) is 8.81. The Kier molecular flexibility index (Phi) is 1.81. The lowest BCUT2D eigenvalue weighted by atomic mass is 10.0. The lowest BCUT2D eigenvalue weighted by molar-refractivity contribution is 0.112. The van der Waals surface area contributed by atoms with Crippen LogP contribution in [0.15, 0.2) is 12.3 Å². The van der Waals surface area contributed by atoms with Gasteiger partial charge in [0.2, 0.25) is 0 Å². The van der Waals surface area contributed by atoms with Crippen LogP contribution in [-0.2, 0) is 0 Å². The van der Waals surface area contributed by atoms with Crippen LogP contribution in [0, 0.1) is 13.8 Å². The molecule has 1 aromatic carbocycles. The zero-order valence-corrected chi connectivity index (χ0v) is 8.09. The van der Waals surface area contributed by atoms with Gasteiger partial charge in [0, 0.05) is 17.1 Å². The van der Waals surface area contributed by atoms with Gasteiger partial charge in [-0.3, -0.25) is 4.79 Å². The smallest absolute Gasteiger partial charge is 0.154 e. The molecule has 2 aromatic rings. The molecule has 0 aliphatic carbocycles. The third-order valence-electron chi connectivity index (χ3n) is 2.66. The van der Waals surface area contributed by atoms with Gasteiger partial charge in [0.15, 0.2) is 6.29 Å². The number of aryl methyl sites for hydroxylation is 2. The van der Waals surface area contributed by atoms with Crippen molar-refractivity contribution >= 4 is 17.2 Å². The highest BCUT2D eigenvalue weighted by Gasteiger charge is 2.13. The predicted molar refractivity (Wildman–Crippen MR) is 54.8 cm³/mol. The molecular weight excluding hydrogens is 178 g/mol. The van der Waals surface area contributed by atoms with Crippen LogP contribution in [0.4, 0.5) is 0 Å². The fraction of sp³-hybridized carbons (Fsp3) is 0.182. The Labute approximate surface area is 81.4 Å². The van der Waals surface area contributed by atoms with E-state index in [-0.39, 0.29) is 5.75 Å². The van der Waals surface area contributed by atoms with Gasteiger partial charge in [-0.15, -0.1) is 0 Å². The lowest BCUT2D eigenvalue weighted by Gasteiger charge is -2.07. The van der Waals surface area contributed by atoms with Gasteiger partial charge < -0.3 is 10.1 Å². The van der Waals surface area contributed by atoms with Gasteiger partial charge >= 0.3 is 0 Å². The Morgan fingerprint density at radius 1 is 1.36 bits per heavy atom. The molecule has 0 aliphatic rings. The molecule has 0 radical (unpaired) electrons. The number of benzene rings is 1. The third-order valence-corrected chi connectivity index (χ3v) is 2.66. The number of aldehydes is 1. The van der Waals surface area contributed by atoms with Gasteiger partial charge in [-0.25, -0.2) is 0 Å². The normalized spacial score (nSPS) is 10.7. The predicted octanol–water partition coefficient (Wildman–Crippen LogP) is 2.30. The highest BCUT2D eigenvalue weighted by molar-refractivity contribution is 5.96. The summed E-state index contributed by atoms with van der Waals surface area (Å²) in [7, 11) is 0. The fourth-order valence-corrected chi connectivity index (χ4v) is 1.78. The molecule has 14 heavy (non-hydrogen) atoms. The highest BCUT2D eigenvalue weighted by Crippen LogP contribution is 2.32. The quantitative estimate of drug-likeness (QED) is 0.676. The van der Waals surface area contributed by atoms with Crippen molar-refractivity contribution in [2.24, 2.45) is 0 Å². The summed E-state index contributed by atoms with van der Waals surface area (Å²) in [6.45, 7) is 3.62. The second kappa shape index (κ2) is 2.87. The molecule has 0 saturated heterocycles.